The Morgan fingerprint density at radius 3 is 2.43 bits per heavy atom. The number of halogens is 3. The Hall–Kier alpha value is -1.81. The van der Waals surface area contributed by atoms with E-state index in [2.05, 4.69) is 4.98 Å². The van der Waals surface area contributed by atoms with Crippen molar-refractivity contribution in [2.45, 2.75) is 50.8 Å². The van der Waals surface area contributed by atoms with E-state index in [0.29, 0.717) is 43.4 Å². The SMILES string of the molecule is Cc1ccc(C(=O)N2CCSC2)c(C2CCN(C(=O)CC(C)(O)C(F)(F)F)CC2)n1. The number of likely N-dealkylation sites (tertiary alicyclic amines) is 1. The molecule has 3 rings (SSSR count). The minimum Gasteiger partial charge on any atom is -0.380 e. The Bertz CT molecular complexity index is 802. The number of aliphatic hydroxyl groups is 1. The molecule has 6 nitrogen and oxygen atoms in total. The highest BCUT2D eigenvalue weighted by molar-refractivity contribution is 7.99. The number of alkyl halides is 3. The first-order chi connectivity index (χ1) is 14.0. The number of hydrogen-bond acceptors (Lipinski definition) is 5. The smallest absolute Gasteiger partial charge is 0.380 e. The van der Waals surface area contributed by atoms with Crippen molar-refractivity contribution >= 4 is 23.6 Å². The number of piperidine rings is 1. The van der Waals surface area contributed by atoms with E-state index >= 15 is 0 Å². The molecule has 2 aliphatic heterocycles. The fourth-order valence-electron chi connectivity index (χ4n) is 3.72. The standard InChI is InChI=1S/C20H26F3N3O3S/c1-13-3-4-15(18(28)26-9-10-30-12-26)17(24-13)14-5-7-25(8-6-14)16(27)11-19(2,29)20(21,22)23/h3-4,14,29H,5-12H2,1-2H3. The van der Waals surface area contributed by atoms with Crippen LogP contribution in [-0.4, -0.2) is 74.7 Å². The molecular formula is C20H26F3N3O3S. The van der Waals surface area contributed by atoms with Gasteiger partial charge in [0.1, 0.15) is 0 Å². The summed E-state index contributed by atoms with van der Waals surface area (Å²) in [6, 6.07) is 3.60. The third kappa shape index (κ3) is 4.91. The van der Waals surface area contributed by atoms with Crippen LogP contribution in [0.5, 0.6) is 0 Å². The zero-order valence-corrected chi connectivity index (χ0v) is 17.9. The van der Waals surface area contributed by atoms with Crippen LogP contribution in [-0.2, 0) is 4.79 Å². The molecule has 0 bridgehead atoms. The van der Waals surface area contributed by atoms with Gasteiger partial charge in [0.05, 0.1) is 23.6 Å². The van der Waals surface area contributed by atoms with Gasteiger partial charge in [-0.05, 0) is 38.8 Å². The fourth-order valence-corrected chi connectivity index (χ4v) is 4.67. The molecular weight excluding hydrogens is 419 g/mol. The van der Waals surface area contributed by atoms with E-state index in [9.17, 15) is 27.9 Å². The van der Waals surface area contributed by atoms with Gasteiger partial charge in [-0.25, -0.2) is 0 Å². The van der Waals surface area contributed by atoms with Gasteiger partial charge in [-0.3, -0.25) is 14.6 Å². The maximum absolute atomic E-state index is 12.9. The van der Waals surface area contributed by atoms with E-state index in [1.807, 2.05) is 6.92 Å². The van der Waals surface area contributed by atoms with Gasteiger partial charge < -0.3 is 14.9 Å². The van der Waals surface area contributed by atoms with Crippen LogP contribution in [0.3, 0.4) is 0 Å². The normalized spacial score (nSPS) is 20.3. The van der Waals surface area contributed by atoms with Crippen molar-refractivity contribution in [3.8, 4) is 0 Å². The third-order valence-electron chi connectivity index (χ3n) is 5.67. The van der Waals surface area contributed by atoms with Gasteiger partial charge in [0.15, 0.2) is 5.60 Å². The third-order valence-corrected chi connectivity index (χ3v) is 6.64. The molecule has 166 valence electrons. The maximum Gasteiger partial charge on any atom is 0.417 e. The van der Waals surface area contributed by atoms with Gasteiger partial charge >= 0.3 is 6.18 Å². The summed E-state index contributed by atoms with van der Waals surface area (Å²) in [6.07, 6.45) is -4.85. The molecule has 0 radical (unpaired) electrons. The number of carbonyl (C=O) groups is 2. The molecule has 3 heterocycles. The minimum atomic E-state index is -4.87. The van der Waals surface area contributed by atoms with Crippen molar-refractivity contribution in [1.29, 1.82) is 0 Å². The number of aryl methyl sites for hydroxylation is 1. The zero-order chi connectivity index (χ0) is 22.1. The van der Waals surface area contributed by atoms with Crippen LogP contribution in [0.4, 0.5) is 13.2 Å². The van der Waals surface area contributed by atoms with Crippen LogP contribution in [0.25, 0.3) is 0 Å². The number of carbonyl (C=O) groups excluding carboxylic acids is 2. The lowest BCUT2D eigenvalue weighted by atomic mass is 9.89. The predicted octanol–water partition coefficient (Wildman–Crippen LogP) is 2.95. The molecule has 2 amide bonds. The summed E-state index contributed by atoms with van der Waals surface area (Å²) in [5.74, 6) is 0.729. The highest BCUT2D eigenvalue weighted by Gasteiger charge is 2.51. The fraction of sp³-hybridized carbons (Fsp3) is 0.650. The van der Waals surface area contributed by atoms with E-state index in [0.717, 1.165) is 11.4 Å². The summed E-state index contributed by atoms with van der Waals surface area (Å²) in [6.45, 7) is 3.69. The van der Waals surface area contributed by atoms with E-state index in [1.54, 1.807) is 28.8 Å². The maximum atomic E-state index is 12.9. The molecule has 0 spiro atoms. The summed E-state index contributed by atoms with van der Waals surface area (Å²) < 4.78 is 38.6. The van der Waals surface area contributed by atoms with Crippen molar-refractivity contribution in [1.82, 2.24) is 14.8 Å². The number of rotatable bonds is 4. The first-order valence-corrected chi connectivity index (χ1v) is 11.1. The zero-order valence-electron chi connectivity index (χ0n) is 17.0. The average molecular weight is 446 g/mol. The molecule has 1 atom stereocenters. The van der Waals surface area contributed by atoms with Crippen LogP contribution in [0, 0.1) is 6.92 Å². The van der Waals surface area contributed by atoms with Crippen molar-refractivity contribution in [3.63, 3.8) is 0 Å². The van der Waals surface area contributed by atoms with Gasteiger partial charge in [0.25, 0.3) is 5.91 Å². The lowest BCUT2D eigenvalue weighted by Gasteiger charge is -2.35. The first-order valence-electron chi connectivity index (χ1n) is 9.91. The number of thioether (sulfide) groups is 1. The summed E-state index contributed by atoms with van der Waals surface area (Å²) in [5, 5.41) is 9.59. The summed E-state index contributed by atoms with van der Waals surface area (Å²) >= 11 is 1.70. The molecule has 0 aromatic carbocycles. The van der Waals surface area contributed by atoms with E-state index < -0.39 is 24.1 Å². The van der Waals surface area contributed by atoms with Crippen molar-refractivity contribution in [2.24, 2.45) is 0 Å². The van der Waals surface area contributed by atoms with Crippen molar-refractivity contribution < 1.29 is 27.9 Å². The second-order valence-corrected chi connectivity index (χ2v) is 9.17. The Kier molecular flexibility index (Phi) is 6.66. The van der Waals surface area contributed by atoms with Crippen molar-refractivity contribution in [3.05, 3.63) is 29.1 Å². The largest absolute Gasteiger partial charge is 0.417 e. The molecule has 1 unspecified atom stereocenters. The molecule has 2 saturated heterocycles. The Labute approximate surface area is 177 Å². The quantitative estimate of drug-likeness (QED) is 0.772. The molecule has 1 N–H and O–H groups in total. The monoisotopic (exact) mass is 445 g/mol. The first kappa shape index (κ1) is 22.9. The Morgan fingerprint density at radius 1 is 1.20 bits per heavy atom. The molecule has 0 saturated carbocycles. The Balaban J connectivity index is 1.68. The second kappa shape index (κ2) is 8.74. The van der Waals surface area contributed by atoms with Crippen LogP contribution < -0.4 is 0 Å². The number of nitrogens with zero attached hydrogens (tertiary/aromatic N) is 3. The van der Waals surface area contributed by atoms with E-state index in [4.69, 9.17) is 0 Å². The van der Waals surface area contributed by atoms with Gasteiger partial charge in [-0.1, -0.05) is 0 Å². The Morgan fingerprint density at radius 2 is 1.87 bits per heavy atom. The van der Waals surface area contributed by atoms with Gasteiger partial charge in [0, 0.05) is 37.0 Å². The number of hydrogen-bond donors (Lipinski definition) is 1. The highest BCUT2D eigenvalue weighted by atomic mass is 32.2. The van der Waals surface area contributed by atoms with Crippen LogP contribution in [0.15, 0.2) is 12.1 Å². The summed E-state index contributed by atoms with van der Waals surface area (Å²) in [7, 11) is 0. The topological polar surface area (TPSA) is 73.7 Å². The molecule has 10 heteroatoms. The number of pyridine rings is 1. The predicted molar refractivity (Wildman–Crippen MR) is 107 cm³/mol. The lowest BCUT2D eigenvalue weighted by molar-refractivity contribution is -0.254. The van der Waals surface area contributed by atoms with E-state index in [-0.39, 0.29) is 24.9 Å². The minimum absolute atomic E-state index is 0.0497. The summed E-state index contributed by atoms with van der Waals surface area (Å²) in [5.41, 5.74) is -0.997. The number of amides is 2. The number of aromatic nitrogens is 1. The molecule has 30 heavy (non-hydrogen) atoms. The lowest BCUT2D eigenvalue weighted by Crippen LogP contribution is -2.48. The van der Waals surface area contributed by atoms with Gasteiger partial charge in [-0.15, -0.1) is 11.8 Å². The van der Waals surface area contributed by atoms with Crippen molar-refractivity contribution in [2.75, 3.05) is 31.3 Å². The van der Waals surface area contributed by atoms with Crippen LogP contribution in [0.1, 0.15) is 53.8 Å². The molecule has 1 aromatic heterocycles. The molecule has 2 fully saturated rings. The van der Waals surface area contributed by atoms with Crippen LogP contribution in [0.2, 0.25) is 0 Å². The average Bonchev–Trinajstić information content (AvgIpc) is 3.21. The van der Waals surface area contributed by atoms with Crippen LogP contribution >= 0.6 is 11.8 Å². The molecule has 1 aromatic rings. The molecule has 0 aliphatic carbocycles. The van der Waals surface area contributed by atoms with E-state index in [1.165, 1.54) is 4.90 Å². The van der Waals surface area contributed by atoms with Gasteiger partial charge in [0.2, 0.25) is 5.91 Å². The molecule has 2 aliphatic rings. The highest BCUT2D eigenvalue weighted by Crippen LogP contribution is 2.35. The summed E-state index contributed by atoms with van der Waals surface area (Å²) in [4.78, 5) is 33.0. The second-order valence-electron chi connectivity index (χ2n) is 8.09. The van der Waals surface area contributed by atoms with Gasteiger partial charge in [-0.2, -0.15) is 13.2 Å².